The third-order valence-corrected chi connectivity index (χ3v) is 6.55. The van der Waals surface area contributed by atoms with Crippen molar-refractivity contribution in [2.24, 2.45) is 0 Å². The summed E-state index contributed by atoms with van der Waals surface area (Å²) in [7, 11) is 0. The zero-order valence-electron chi connectivity index (χ0n) is 15.4. The van der Waals surface area contributed by atoms with Crippen LogP contribution in [0.5, 0.6) is 0 Å². The average Bonchev–Trinajstić information content (AvgIpc) is 3.03. The molecule has 2 nitrogen and oxygen atoms in total. The topological polar surface area (TPSA) is 6.48 Å². The summed E-state index contributed by atoms with van der Waals surface area (Å²) in [4.78, 5) is 5.27. The van der Waals surface area contributed by atoms with Crippen LogP contribution in [0.15, 0.2) is 36.4 Å². The zero-order chi connectivity index (χ0) is 17.6. The van der Waals surface area contributed by atoms with Gasteiger partial charge < -0.3 is 4.90 Å². The van der Waals surface area contributed by atoms with E-state index in [1.165, 1.54) is 40.8 Å². The molecule has 1 unspecified atom stereocenters. The molecular formula is C22H27ClN2. The highest BCUT2D eigenvalue weighted by Gasteiger charge is 2.38. The number of hydrogen-bond donors (Lipinski definition) is 0. The second-order valence-electron chi connectivity index (χ2n) is 7.71. The number of hydrogen-bond acceptors (Lipinski definition) is 2. The molecule has 0 amide bonds. The first-order valence-electron chi connectivity index (χ1n) is 9.37. The van der Waals surface area contributed by atoms with Crippen molar-refractivity contribution in [2.75, 3.05) is 24.5 Å². The summed E-state index contributed by atoms with van der Waals surface area (Å²) in [6.45, 7) is 9.88. The van der Waals surface area contributed by atoms with E-state index in [1.807, 2.05) is 6.07 Å². The van der Waals surface area contributed by atoms with E-state index >= 15 is 0 Å². The van der Waals surface area contributed by atoms with Crippen LogP contribution >= 0.6 is 11.6 Å². The Morgan fingerprint density at radius 2 is 1.72 bits per heavy atom. The standard InChI is InChI=1S/C22H27ClN2/c1-15-4-5-18(12-16(15)2)22-9-7-20-14-24(10-11-25(20)22)19-6-8-21(23)17(3)13-19/h4-6,8,12-13,20,22H,7,9-11,14H2,1-3H3/t20-,22?/m0/s1. The van der Waals surface area contributed by atoms with Gasteiger partial charge in [-0.2, -0.15) is 0 Å². The summed E-state index contributed by atoms with van der Waals surface area (Å²) in [5.41, 5.74) is 6.79. The van der Waals surface area contributed by atoms with Crippen molar-refractivity contribution in [3.63, 3.8) is 0 Å². The lowest BCUT2D eigenvalue weighted by Crippen LogP contribution is -2.50. The summed E-state index contributed by atoms with van der Waals surface area (Å²) in [6, 6.07) is 14.7. The molecule has 0 radical (unpaired) electrons. The maximum absolute atomic E-state index is 6.19. The zero-order valence-corrected chi connectivity index (χ0v) is 16.2. The van der Waals surface area contributed by atoms with E-state index in [2.05, 4.69) is 60.9 Å². The van der Waals surface area contributed by atoms with Crippen molar-refractivity contribution in [1.82, 2.24) is 4.90 Å². The molecule has 4 rings (SSSR count). The number of nitrogens with zero attached hydrogens (tertiary/aromatic N) is 2. The fraction of sp³-hybridized carbons (Fsp3) is 0.455. The van der Waals surface area contributed by atoms with Crippen molar-refractivity contribution >= 4 is 17.3 Å². The van der Waals surface area contributed by atoms with Gasteiger partial charge in [0.05, 0.1) is 0 Å². The van der Waals surface area contributed by atoms with Crippen molar-refractivity contribution < 1.29 is 0 Å². The minimum atomic E-state index is 0.596. The van der Waals surface area contributed by atoms with E-state index in [0.29, 0.717) is 12.1 Å². The lowest BCUT2D eigenvalue weighted by atomic mass is 9.99. The van der Waals surface area contributed by atoms with Gasteiger partial charge in [0, 0.05) is 42.4 Å². The van der Waals surface area contributed by atoms with Gasteiger partial charge in [0.2, 0.25) is 0 Å². The van der Waals surface area contributed by atoms with Crippen LogP contribution in [0.3, 0.4) is 0 Å². The van der Waals surface area contributed by atoms with E-state index in [0.717, 1.165) is 24.7 Å². The predicted molar refractivity (Wildman–Crippen MR) is 107 cm³/mol. The second kappa shape index (κ2) is 6.66. The van der Waals surface area contributed by atoms with E-state index in [1.54, 1.807) is 0 Å². The van der Waals surface area contributed by atoms with Gasteiger partial charge in [-0.25, -0.2) is 0 Å². The van der Waals surface area contributed by atoms with E-state index < -0.39 is 0 Å². The fourth-order valence-corrected chi connectivity index (χ4v) is 4.56. The van der Waals surface area contributed by atoms with Crippen LogP contribution in [0.4, 0.5) is 5.69 Å². The Labute approximate surface area is 156 Å². The molecule has 25 heavy (non-hydrogen) atoms. The van der Waals surface area contributed by atoms with Crippen LogP contribution in [0.25, 0.3) is 0 Å². The maximum Gasteiger partial charge on any atom is 0.0436 e. The van der Waals surface area contributed by atoms with Gasteiger partial charge >= 0.3 is 0 Å². The first kappa shape index (κ1) is 16.9. The third-order valence-electron chi connectivity index (χ3n) is 6.12. The first-order chi connectivity index (χ1) is 12.0. The van der Waals surface area contributed by atoms with Gasteiger partial charge in [0.15, 0.2) is 0 Å². The molecule has 2 aliphatic heterocycles. The smallest absolute Gasteiger partial charge is 0.0436 e. The molecular weight excluding hydrogens is 328 g/mol. The Hall–Kier alpha value is -1.51. The quantitative estimate of drug-likeness (QED) is 0.722. The average molecular weight is 355 g/mol. The molecule has 0 bridgehead atoms. The molecule has 0 spiro atoms. The Morgan fingerprint density at radius 3 is 2.48 bits per heavy atom. The number of anilines is 1. The molecule has 0 N–H and O–H groups in total. The van der Waals surface area contributed by atoms with Gasteiger partial charge in [-0.1, -0.05) is 29.8 Å². The summed E-state index contributed by atoms with van der Waals surface area (Å²) in [6.07, 6.45) is 2.57. The Bertz CT molecular complexity index is 786. The fourth-order valence-electron chi connectivity index (χ4n) is 4.44. The normalized spacial score (nSPS) is 23.8. The van der Waals surface area contributed by atoms with Gasteiger partial charge in [-0.05, 0) is 74.1 Å². The van der Waals surface area contributed by atoms with Crippen LogP contribution in [0.2, 0.25) is 5.02 Å². The van der Waals surface area contributed by atoms with Crippen LogP contribution in [0, 0.1) is 20.8 Å². The van der Waals surface area contributed by atoms with Gasteiger partial charge in [0.1, 0.15) is 0 Å². The van der Waals surface area contributed by atoms with Crippen molar-refractivity contribution in [2.45, 2.75) is 45.7 Å². The SMILES string of the molecule is Cc1ccc(C2CC[C@H]3CN(c4ccc(Cl)c(C)c4)CCN23)cc1C. The molecule has 3 heteroatoms. The van der Waals surface area contributed by atoms with Crippen molar-refractivity contribution in [3.05, 3.63) is 63.7 Å². The molecule has 0 aliphatic carbocycles. The highest BCUT2D eigenvalue weighted by molar-refractivity contribution is 6.31. The molecule has 2 fully saturated rings. The van der Waals surface area contributed by atoms with Crippen LogP contribution in [-0.4, -0.2) is 30.6 Å². The van der Waals surface area contributed by atoms with Crippen LogP contribution in [0.1, 0.15) is 41.1 Å². The minimum Gasteiger partial charge on any atom is -0.369 e. The van der Waals surface area contributed by atoms with Crippen LogP contribution in [-0.2, 0) is 0 Å². The highest BCUT2D eigenvalue weighted by Crippen LogP contribution is 2.39. The molecule has 2 aromatic carbocycles. The molecule has 2 saturated heterocycles. The minimum absolute atomic E-state index is 0.596. The van der Waals surface area contributed by atoms with Crippen molar-refractivity contribution in [3.8, 4) is 0 Å². The van der Waals surface area contributed by atoms with Crippen molar-refractivity contribution in [1.29, 1.82) is 0 Å². The summed E-state index contributed by atoms with van der Waals surface area (Å²) in [5.74, 6) is 0. The van der Waals surface area contributed by atoms with Crippen LogP contribution < -0.4 is 4.90 Å². The highest BCUT2D eigenvalue weighted by atomic mass is 35.5. The number of halogens is 1. The number of rotatable bonds is 2. The largest absolute Gasteiger partial charge is 0.369 e. The molecule has 0 saturated carbocycles. The Kier molecular flexibility index (Phi) is 4.51. The van der Waals surface area contributed by atoms with Gasteiger partial charge in [-0.3, -0.25) is 4.90 Å². The lowest BCUT2D eigenvalue weighted by molar-refractivity contribution is 0.176. The monoisotopic (exact) mass is 354 g/mol. The summed E-state index contributed by atoms with van der Waals surface area (Å²) in [5, 5.41) is 0.859. The Balaban J connectivity index is 1.50. The number of fused-ring (bicyclic) bond motifs is 1. The molecule has 2 aromatic rings. The lowest BCUT2D eigenvalue weighted by Gasteiger charge is -2.41. The third kappa shape index (κ3) is 3.18. The number of piperazine rings is 1. The molecule has 2 atom stereocenters. The number of benzene rings is 2. The van der Waals surface area contributed by atoms with E-state index in [-0.39, 0.29) is 0 Å². The molecule has 2 heterocycles. The second-order valence-corrected chi connectivity index (χ2v) is 8.12. The maximum atomic E-state index is 6.19. The van der Waals surface area contributed by atoms with Gasteiger partial charge in [-0.15, -0.1) is 0 Å². The first-order valence-corrected chi connectivity index (χ1v) is 9.75. The van der Waals surface area contributed by atoms with E-state index in [4.69, 9.17) is 11.6 Å². The molecule has 132 valence electrons. The summed E-state index contributed by atoms with van der Waals surface area (Å²) >= 11 is 6.19. The molecule has 0 aromatic heterocycles. The van der Waals surface area contributed by atoms with E-state index in [9.17, 15) is 0 Å². The number of aryl methyl sites for hydroxylation is 3. The Morgan fingerprint density at radius 1 is 0.880 bits per heavy atom. The molecule has 2 aliphatic rings. The predicted octanol–water partition coefficient (Wildman–Crippen LogP) is 5.29. The summed E-state index contributed by atoms with van der Waals surface area (Å²) < 4.78 is 0. The van der Waals surface area contributed by atoms with Gasteiger partial charge in [0.25, 0.3) is 0 Å².